The second-order valence-electron chi connectivity index (χ2n) is 4.45. The highest BCUT2D eigenvalue weighted by molar-refractivity contribution is 5.94. The number of rotatable bonds is 5. The van der Waals surface area contributed by atoms with Gasteiger partial charge in [-0.15, -0.1) is 0 Å². The molecule has 4 nitrogen and oxygen atoms in total. The van der Waals surface area contributed by atoms with Crippen molar-refractivity contribution in [3.63, 3.8) is 0 Å². The Morgan fingerprint density at radius 2 is 2.21 bits per heavy atom. The van der Waals surface area contributed by atoms with Crippen molar-refractivity contribution in [2.24, 2.45) is 0 Å². The molecule has 0 aliphatic heterocycles. The van der Waals surface area contributed by atoms with Gasteiger partial charge in [0.05, 0.1) is 0 Å². The Morgan fingerprint density at radius 3 is 2.84 bits per heavy atom. The van der Waals surface area contributed by atoms with Crippen LogP contribution in [-0.4, -0.2) is 15.3 Å². The fourth-order valence-corrected chi connectivity index (χ4v) is 1.94. The van der Waals surface area contributed by atoms with E-state index in [1.165, 1.54) is 0 Å². The van der Waals surface area contributed by atoms with E-state index in [2.05, 4.69) is 11.9 Å². The zero-order valence-corrected chi connectivity index (χ0v) is 11.5. The highest BCUT2D eigenvalue weighted by Crippen LogP contribution is 2.20. The van der Waals surface area contributed by atoms with Gasteiger partial charge in [0, 0.05) is 24.5 Å². The Labute approximate surface area is 113 Å². The Hall–Kier alpha value is -2.10. The van der Waals surface area contributed by atoms with Gasteiger partial charge >= 0.3 is 0 Å². The first-order valence-corrected chi connectivity index (χ1v) is 6.36. The van der Waals surface area contributed by atoms with Gasteiger partial charge in [-0.2, -0.15) is 0 Å². The van der Waals surface area contributed by atoms with Crippen molar-refractivity contribution in [2.45, 2.75) is 33.9 Å². The number of aryl methyl sites for hydroxylation is 2. The van der Waals surface area contributed by atoms with E-state index in [0.29, 0.717) is 12.2 Å². The molecule has 0 saturated carbocycles. The van der Waals surface area contributed by atoms with Crippen LogP contribution in [0.25, 0.3) is 0 Å². The second-order valence-corrected chi connectivity index (χ2v) is 4.45. The fraction of sp³-hybridized carbons (Fsp3) is 0.333. The third-order valence-electron chi connectivity index (χ3n) is 3.08. The number of hydrogen-bond acceptors (Lipinski definition) is 3. The summed E-state index contributed by atoms with van der Waals surface area (Å²) in [6.45, 7) is 6.88. The number of benzene rings is 1. The van der Waals surface area contributed by atoms with Crippen molar-refractivity contribution in [2.75, 3.05) is 0 Å². The molecule has 0 aliphatic carbocycles. The van der Waals surface area contributed by atoms with Gasteiger partial charge < -0.3 is 9.30 Å². The number of ketones is 1. The largest absolute Gasteiger partial charge is 0.485 e. The Kier molecular flexibility index (Phi) is 4.00. The van der Waals surface area contributed by atoms with Gasteiger partial charge in [-0.3, -0.25) is 4.79 Å². The van der Waals surface area contributed by atoms with Crippen LogP contribution in [0.2, 0.25) is 0 Å². The molecule has 0 unspecified atom stereocenters. The van der Waals surface area contributed by atoms with Crippen molar-refractivity contribution in [1.82, 2.24) is 9.55 Å². The molecule has 0 spiro atoms. The summed E-state index contributed by atoms with van der Waals surface area (Å²) in [6.07, 6.45) is 3.71. The van der Waals surface area contributed by atoms with E-state index in [1.807, 2.05) is 29.8 Å². The summed E-state index contributed by atoms with van der Waals surface area (Å²) in [5.41, 5.74) is 1.67. The molecule has 2 rings (SSSR count). The number of imidazole rings is 1. The van der Waals surface area contributed by atoms with Crippen LogP contribution in [0, 0.1) is 6.92 Å². The zero-order chi connectivity index (χ0) is 13.8. The van der Waals surface area contributed by atoms with Gasteiger partial charge in [-0.05, 0) is 44.5 Å². The Balaban J connectivity index is 2.10. The van der Waals surface area contributed by atoms with E-state index in [4.69, 9.17) is 4.74 Å². The molecule has 1 aromatic carbocycles. The second kappa shape index (κ2) is 5.69. The van der Waals surface area contributed by atoms with Gasteiger partial charge in [0.25, 0.3) is 0 Å². The number of hydrogen-bond donors (Lipinski definition) is 0. The minimum atomic E-state index is 0.0659. The first kappa shape index (κ1) is 13.3. The van der Waals surface area contributed by atoms with Crippen LogP contribution >= 0.6 is 0 Å². The van der Waals surface area contributed by atoms with E-state index in [0.717, 1.165) is 23.7 Å². The van der Waals surface area contributed by atoms with Gasteiger partial charge in [0.15, 0.2) is 5.78 Å². The average Bonchev–Trinajstić information content (AvgIpc) is 2.84. The standard InChI is InChI=1S/C15H18N2O2/c1-4-17-8-7-16-15(17)10-19-14-6-5-13(12(3)18)9-11(14)2/h5-9H,4,10H2,1-3H3. The van der Waals surface area contributed by atoms with E-state index >= 15 is 0 Å². The smallest absolute Gasteiger partial charge is 0.159 e. The molecule has 0 fully saturated rings. The summed E-state index contributed by atoms with van der Waals surface area (Å²) in [5.74, 6) is 1.75. The molecular weight excluding hydrogens is 240 g/mol. The highest BCUT2D eigenvalue weighted by atomic mass is 16.5. The van der Waals surface area contributed by atoms with Crippen molar-refractivity contribution >= 4 is 5.78 Å². The van der Waals surface area contributed by atoms with Crippen LogP contribution in [-0.2, 0) is 13.2 Å². The lowest BCUT2D eigenvalue weighted by Crippen LogP contribution is -2.06. The quantitative estimate of drug-likeness (QED) is 0.774. The first-order chi connectivity index (χ1) is 9.11. The van der Waals surface area contributed by atoms with Crippen LogP contribution in [0.3, 0.4) is 0 Å². The zero-order valence-electron chi connectivity index (χ0n) is 11.5. The third-order valence-corrected chi connectivity index (χ3v) is 3.08. The van der Waals surface area contributed by atoms with Crippen molar-refractivity contribution in [3.05, 3.63) is 47.5 Å². The summed E-state index contributed by atoms with van der Waals surface area (Å²) < 4.78 is 7.80. The van der Waals surface area contributed by atoms with Crippen molar-refractivity contribution in [1.29, 1.82) is 0 Å². The van der Waals surface area contributed by atoms with Gasteiger partial charge in [0.2, 0.25) is 0 Å². The molecule has 19 heavy (non-hydrogen) atoms. The molecule has 0 radical (unpaired) electrons. The van der Waals surface area contributed by atoms with Crippen LogP contribution in [0.15, 0.2) is 30.6 Å². The monoisotopic (exact) mass is 258 g/mol. The lowest BCUT2D eigenvalue weighted by molar-refractivity contribution is 0.101. The predicted molar refractivity (Wildman–Crippen MR) is 73.4 cm³/mol. The van der Waals surface area contributed by atoms with Gasteiger partial charge in [0.1, 0.15) is 18.2 Å². The lowest BCUT2D eigenvalue weighted by Gasteiger charge is -2.10. The summed E-state index contributed by atoms with van der Waals surface area (Å²) in [5, 5.41) is 0. The van der Waals surface area contributed by atoms with Gasteiger partial charge in [-0.1, -0.05) is 0 Å². The minimum Gasteiger partial charge on any atom is -0.485 e. The highest BCUT2D eigenvalue weighted by Gasteiger charge is 2.06. The maximum absolute atomic E-state index is 11.3. The molecule has 1 aromatic heterocycles. The molecule has 100 valence electrons. The molecule has 0 N–H and O–H groups in total. The van der Waals surface area contributed by atoms with Crippen LogP contribution in [0.4, 0.5) is 0 Å². The topological polar surface area (TPSA) is 44.1 Å². The maximum atomic E-state index is 11.3. The van der Waals surface area contributed by atoms with Crippen LogP contribution in [0.1, 0.15) is 35.6 Å². The predicted octanol–water partition coefficient (Wildman–Crippen LogP) is 2.99. The van der Waals surface area contributed by atoms with Crippen LogP contribution in [0.5, 0.6) is 5.75 Å². The van der Waals surface area contributed by atoms with E-state index < -0.39 is 0 Å². The molecule has 0 aliphatic rings. The molecular formula is C15H18N2O2. The fourth-order valence-electron chi connectivity index (χ4n) is 1.94. The normalized spacial score (nSPS) is 10.5. The number of aromatic nitrogens is 2. The first-order valence-electron chi connectivity index (χ1n) is 6.36. The number of nitrogens with zero attached hydrogens (tertiary/aromatic N) is 2. The van der Waals surface area contributed by atoms with Crippen LogP contribution < -0.4 is 4.74 Å². The minimum absolute atomic E-state index is 0.0659. The van der Waals surface area contributed by atoms with E-state index in [-0.39, 0.29) is 5.78 Å². The third kappa shape index (κ3) is 3.02. The molecule has 2 aromatic rings. The summed E-state index contributed by atoms with van der Waals surface area (Å²) in [7, 11) is 0. The molecule has 1 heterocycles. The SMILES string of the molecule is CCn1ccnc1COc1ccc(C(C)=O)cc1C. The number of carbonyl (C=O) groups is 1. The van der Waals surface area contributed by atoms with E-state index in [9.17, 15) is 4.79 Å². The molecule has 0 saturated heterocycles. The Bertz CT molecular complexity index is 588. The molecule has 4 heteroatoms. The summed E-state index contributed by atoms with van der Waals surface area (Å²) >= 11 is 0. The summed E-state index contributed by atoms with van der Waals surface area (Å²) in [4.78, 5) is 15.5. The number of ether oxygens (including phenoxy) is 1. The Morgan fingerprint density at radius 1 is 1.42 bits per heavy atom. The number of Topliss-reactive ketones (excluding diaryl/α,β-unsaturated/α-hetero) is 1. The average molecular weight is 258 g/mol. The summed E-state index contributed by atoms with van der Waals surface area (Å²) in [6, 6.07) is 5.48. The molecule has 0 atom stereocenters. The van der Waals surface area contributed by atoms with Crippen molar-refractivity contribution in [3.8, 4) is 5.75 Å². The maximum Gasteiger partial charge on any atom is 0.159 e. The van der Waals surface area contributed by atoms with Gasteiger partial charge in [-0.25, -0.2) is 4.98 Å². The lowest BCUT2D eigenvalue weighted by atomic mass is 10.1. The number of carbonyl (C=O) groups excluding carboxylic acids is 1. The van der Waals surface area contributed by atoms with E-state index in [1.54, 1.807) is 19.2 Å². The molecule has 0 bridgehead atoms. The molecule has 0 amide bonds. The van der Waals surface area contributed by atoms with Crippen molar-refractivity contribution < 1.29 is 9.53 Å².